The number of hydrogen-bond donors (Lipinski definition) is 1. The van der Waals surface area contributed by atoms with E-state index in [2.05, 4.69) is 15.4 Å². The molecule has 0 radical (unpaired) electrons. The first-order chi connectivity index (χ1) is 13.1. The van der Waals surface area contributed by atoms with E-state index in [1.807, 2.05) is 83.8 Å². The minimum atomic E-state index is -0.0879. The molecule has 6 nitrogen and oxygen atoms in total. The average molecular weight is 359 g/mol. The number of anilines is 1. The van der Waals surface area contributed by atoms with Crippen LogP contribution >= 0.6 is 0 Å². The lowest BCUT2D eigenvalue weighted by Gasteiger charge is -2.10. The summed E-state index contributed by atoms with van der Waals surface area (Å²) in [4.78, 5) is 17.2. The summed E-state index contributed by atoms with van der Waals surface area (Å²) in [7, 11) is 0. The number of aryl methyl sites for hydroxylation is 3. The van der Waals surface area contributed by atoms with Crippen LogP contribution in [0.1, 0.15) is 17.8 Å². The first-order valence-electron chi connectivity index (χ1n) is 8.95. The van der Waals surface area contributed by atoms with Crippen LogP contribution in [0.25, 0.3) is 16.7 Å². The van der Waals surface area contributed by atoms with Crippen LogP contribution in [0.5, 0.6) is 0 Å². The lowest BCUT2D eigenvalue weighted by molar-refractivity contribution is -0.116. The molecule has 27 heavy (non-hydrogen) atoms. The SMILES string of the molecule is Cc1cc(C)n(CCC(=O)Nc2nc3ccccc3n2-c2ccccc2)n1. The number of carbonyl (C=O) groups excluding carboxylic acids is 1. The molecule has 0 saturated carbocycles. The Balaban J connectivity index is 1.60. The zero-order valence-electron chi connectivity index (χ0n) is 15.4. The van der Waals surface area contributed by atoms with Gasteiger partial charge in [0, 0.05) is 24.3 Å². The Bertz CT molecular complexity index is 1090. The zero-order valence-corrected chi connectivity index (χ0v) is 15.4. The van der Waals surface area contributed by atoms with Gasteiger partial charge in [-0.05, 0) is 44.2 Å². The molecular formula is C21H21N5O. The van der Waals surface area contributed by atoms with E-state index in [1.165, 1.54) is 0 Å². The van der Waals surface area contributed by atoms with E-state index in [0.29, 0.717) is 18.9 Å². The molecule has 4 rings (SSSR count). The summed E-state index contributed by atoms with van der Waals surface area (Å²) in [6, 6.07) is 19.8. The Hall–Kier alpha value is -3.41. The zero-order chi connectivity index (χ0) is 18.8. The third-order valence-corrected chi connectivity index (χ3v) is 4.48. The first-order valence-corrected chi connectivity index (χ1v) is 8.95. The van der Waals surface area contributed by atoms with E-state index in [1.54, 1.807) is 0 Å². The predicted molar refractivity (Wildman–Crippen MR) is 106 cm³/mol. The van der Waals surface area contributed by atoms with Crippen LogP contribution in [0.15, 0.2) is 60.7 Å². The van der Waals surface area contributed by atoms with Crippen molar-refractivity contribution in [2.75, 3.05) is 5.32 Å². The number of para-hydroxylation sites is 3. The van der Waals surface area contributed by atoms with Gasteiger partial charge in [-0.3, -0.25) is 19.4 Å². The second-order valence-electron chi connectivity index (χ2n) is 6.54. The Morgan fingerprint density at radius 1 is 1.04 bits per heavy atom. The highest BCUT2D eigenvalue weighted by Crippen LogP contribution is 2.24. The minimum absolute atomic E-state index is 0.0879. The van der Waals surface area contributed by atoms with Crippen LogP contribution in [-0.2, 0) is 11.3 Å². The standard InChI is InChI=1S/C21H21N5O/c1-15-14-16(2)25(24-15)13-12-20(27)23-21-22-18-10-6-7-11-19(18)26(21)17-8-4-3-5-9-17/h3-11,14H,12-13H2,1-2H3,(H,22,23,27). The highest BCUT2D eigenvalue weighted by atomic mass is 16.1. The van der Waals surface area contributed by atoms with E-state index in [4.69, 9.17) is 0 Å². The van der Waals surface area contributed by atoms with Crippen molar-refractivity contribution in [3.63, 3.8) is 0 Å². The second-order valence-corrected chi connectivity index (χ2v) is 6.54. The number of aromatic nitrogens is 4. The molecule has 2 aromatic carbocycles. The number of carbonyl (C=O) groups is 1. The Kier molecular flexibility index (Phi) is 4.46. The molecule has 0 aliphatic heterocycles. The summed E-state index contributed by atoms with van der Waals surface area (Å²) in [6.45, 7) is 4.48. The van der Waals surface area contributed by atoms with Crippen LogP contribution in [-0.4, -0.2) is 25.2 Å². The summed E-state index contributed by atoms with van der Waals surface area (Å²) < 4.78 is 3.83. The molecule has 0 spiro atoms. The number of nitrogens with one attached hydrogen (secondary N) is 1. The molecule has 4 aromatic rings. The molecule has 0 atom stereocenters. The maximum atomic E-state index is 12.6. The fraction of sp³-hybridized carbons (Fsp3) is 0.190. The molecule has 1 amide bonds. The van der Waals surface area contributed by atoms with E-state index < -0.39 is 0 Å². The van der Waals surface area contributed by atoms with E-state index in [0.717, 1.165) is 28.1 Å². The first kappa shape index (κ1) is 17.0. The highest BCUT2D eigenvalue weighted by Gasteiger charge is 2.15. The van der Waals surface area contributed by atoms with Gasteiger partial charge in [-0.1, -0.05) is 30.3 Å². The Labute approximate surface area is 157 Å². The lowest BCUT2D eigenvalue weighted by atomic mass is 10.3. The van der Waals surface area contributed by atoms with Crippen LogP contribution in [0.3, 0.4) is 0 Å². The van der Waals surface area contributed by atoms with Crippen molar-refractivity contribution >= 4 is 22.9 Å². The van der Waals surface area contributed by atoms with Gasteiger partial charge < -0.3 is 0 Å². The Morgan fingerprint density at radius 3 is 2.52 bits per heavy atom. The molecule has 0 aliphatic carbocycles. The van der Waals surface area contributed by atoms with Crippen molar-refractivity contribution in [1.82, 2.24) is 19.3 Å². The number of nitrogens with zero attached hydrogens (tertiary/aromatic N) is 4. The molecule has 1 N–H and O–H groups in total. The number of benzene rings is 2. The fourth-order valence-electron chi connectivity index (χ4n) is 3.24. The lowest BCUT2D eigenvalue weighted by Crippen LogP contribution is -2.18. The van der Waals surface area contributed by atoms with Crippen molar-refractivity contribution in [2.24, 2.45) is 0 Å². The van der Waals surface area contributed by atoms with E-state index in [-0.39, 0.29) is 5.91 Å². The molecular weight excluding hydrogens is 338 g/mol. The fourth-order valence-corrected chi connectivity index (χ4v) is 3.24. The highest BCUT2D eigenvalue weighted by molar-refractivity contribution is 5.92. The third kappa shape index (κ3) is 3.46. The molecule has 2 aromatic heterocycles. The van der Waals surface area contributed by atoms with Crippen LogP contribution in [0.2, 0.25) is 0 Å². The molecule has 0 aliphatic rings. The second kappa shape index (κ2) is 7.07. The smallest absolute Gasteiger partial charge is 0.228 e. The van der Waals surface area contributed by atoms with Crippen molar-refractivity contribution in [2.45, 2.75) is 26.8 Å². The monoisotopic (exact) mass is 359 g/mol. The number of rotatable bonds is 5. The van der Waals surface area contributed by atoms with Gasteiger partial charge in [0.15, 0.2) is 0 Å². The molecule has 0 saturated heterocycles. The van der Waals surface area contributed by atoms with E-state index in [9.17, 15) is 4.79 Å². The van der Waals surface area contributed by atoms with Gasteiger partial charge in [0.05, 0.1) is 16.7 Å². The topological polar surface area (TPSA) is 64.7 Å². The van der Waals surface area contributed by atoms with Gasteiger partial charge in [0.2, 0.25) is 11.9 Å². The maximum absolute atomic E-state index is 12.6. The van der Waals surface area contributed by atoms with Gasteiger partial charge in [-0.25, -0.2) is 4.98 Å². The molecule has 6 heteroatoms. The third-order valence-electron chi connectivity index (χ3n) is 4.48. The molecule has 0 bridgehead atoms. The summed E-state index contributed by atoms with van der Waals surface area (Å²) in [5, 5.41) is 7.37. The normalized spacial score (nSPS) is 11.0. The maximum Gasteiger partial charge on any atom is 0.228 e. The van der Waals surface area contributed by atoms with Gasteiger partial charge in [-0.15, -0.1) is 0 Å². The number of fused-ring (bicyclic) bond motifs is 1. The van der Waals surface area contributed by atoms with Crippen molar-refractivity contribution < 1.29 is 4.79 Å². The van der Waals surface area contributed by atoms with E-state index >= 15 is 0 Å². The number of hydrogen-bond acceptors (Lipinski definition) is 3. The molecule has 0 fully saturated rings. The summed E-state index contributed by atoms with van der Waals surface area (Å²) in [5.74, 6) is 0.441. The number of imidazole rings is 1. The largest absolute Gasteiger partial charge is 0.296 e. The van der Waals surface area contributed by atoms with Crippen LogP contribution in [0, 0.1) is 13.8 Å². The van der Waals surface area contributed by atoms with Crippen LogP contribution in [0.4, 0.5) is 5.95 Å². The van der Waals surface area contributed by atoms with Gasteiger partial charge >= 0.3 is 0 Å². The van der Waals surface area contributed by atoms with Crippen molar-refractivity contribution in [3.8, 4) is 5.69 Å². The van der Waals surface area contributed by atoms with Gasteiger partial charge in [0.1, 0.15) is 0 Å². The average Bonchev–Trinajstić information content (AvgIpc) is 3.19. The predicted octanol–water partition coefficient (Wildman–Crippen LogP) is 3.87. The number of amides is 1. The summed E-state index contributed by atoms with van der Waals surface area (Å²) in [5.41, 5.74) is 4.77. The Morgan fingerprint density at radius 2 is 1.78 bits per heavy atom. The van der Waals surface area contributed by atoms with Crippen molar-refractivity contribution in [1.29, 1.82) is 0 Å². The van der Waals surface area contributed by atoms with Crippen LogP contribution < -0.4 is 5.32 Å². The molecule has 2 heterocycles. The summed E-state index contributed by atoms with van der Waals surface area (Å²) >= 11 is 0. The molecule has 136 valence electrons. The quantitative estimate of drug-likeness (QED) is 0.588. The minimum Gasteiger partial charge on any atom is -0.296 e. The van der Waals surface area contributed by atoms with Crippen molar-refractivity contribution in [3.05, 3.63) is 72.1 Å². The van der Waals surface area contributed by atoms with Gasteiger partial charge in [0.25, 0.3) is 0 Å². The molecule has 0 unspecified atom stereocenters. The summed E-state index contributed by atoms with van der Waals surface area (Å²) in [6.07, 6.45) is 0.333. The van der Waals surface area contributed by atoms with Gasteiger partial charge in [-0.2, -0.15) is 5.10 Å².